The maximum atomic E-state index is 14.1. The van der Waals surface area contributed by atoms with Gasteiger partial charge in [-0.25, -0.2) is 22.4 Å². The van der Waals surface area contributed by atoms with Gasteiger partial charge in [0.05, 0.1) is 31.7 Å². The zero-order valence-corrected chi connectivity index (χ0v) is 29.0. The topological polar surface area (TPSA) is 99.3 Å². The summed E-state index contributed by atoms with van der Waals surface area (Å²) < 4.78 is 62.9. The minimum Gasteiger partial charge on any atom is -0.441 e. The average molecular weight is 731 g/mol. The van der Waals surface area contributed by atoms with Crippen molar-refractivity contribution in [1.82, 2.24) is 10.2 Å². The summed E-state index contributed by atoms with van der Waals surface area (Å²) in [7, 11) is -2.69. The number of anilines is 2. The van der Waals surface area contributed by atoms with E-state index >= 15 is 0 Å². The van der Waals surface area contributed by atoms with Gasteiger partial charge in [-0.05, 0) is 64.9 Å². The van der Waals surface area contributed by atoms with Gasteiger partial charge >= 0.3 is 5.97 Å². The molecule has 3 saturated heterocycles. The number of rotatable bonds is 6. The van der Waals surface area contributed by atoms with Crippen molar-refractivity contribution in [3.63, 3.8) is 0 Å². The molecule has 0 saturated carbocycles. The third kappa shape index (κ3) is 4.86. The molecule has 3 fully saturated rings. The first kappa shape index (κ1) is 32.9. The standard InChI is InChI=1S/C38H34F4N4O5Si/c39-36(40)19-44(20-36)24-5-8-27-30(17-24)52(14-2-1-3-15-52)31-18-25(45-21-37(41,42)22-45)6-9-28(31)38(27)29-16-23(4-7-26(29)35(50)51-38)34(49)43-12-13-46-32(47)10-11-33(46)48/h4-11,16-18H,1-3,12-15,19-22H2,(H,43,49). The number of nitrogens with zero attached hydrogens (tertiary/aromatic N) is 3. The number of nitrogens with one attached hydrogen (secondary N) is 1. The lowest BCUT2D eigenvalue weighted by molar-refractivity contribution is -0.136. The number of esters is 1. The van der Waals surface area contributed by atoms with Crippen LogP contribution in [0, 0.1) is 0 Å². The van der Waals surface area contributed by atoms with E-state index in [1.165, 1.54) is 18.2 Å². The number of halogens is 4. The zero-order chi connectivity index (χ0) is 36.2. The van der Waals surface area contributed by atoms with Crippen molar-refractivity contribution in [2.24, 2.45) is 0 Å². The van der Waals surface area contributed by atoms with Gasteiger partial charge in [-0.2, -0.15) is 0 Å². The predicted octanol–water partition coefficient (Wildman–Crippen LogP) is 3.77. The van der Waals surface area contributed by atoms with Crippen LogP contribution in [0.25, 0.3) is 0 Å². The molecule has 6 aliphatic heterocycles. The van der Waals surface area contributed by atoms with Crippen LogP contribution in [0.4, 0.5) is 28.9 Å². The van der Waals surface area contributed by atoms with E-state index < -0.39 is 75.4 Å². The molecule has 6 aliphatic rings. The van der Waals surface area contributed by atoms with Gasteiger partial charge in [-0.15, -0.1) is 0 Å². The van der Waals surface area contributed by atoms with Gasteiger partial charge in [0.25, 0.3) is 29.6 Å². The Labute approximate surface area is 297 Å². The molecule has 3 aromatic rings. The number of hydrogen-bond donors (Lipinski definition) is 1. The predicted molar refractivity (Wildman–Crippen MR) is 186 cm³/mol. The van der Waals surface area contributed by atoms with E-state index in [4.69, 9.17) is 4.74 Å². The number of ether oxygens (including phenoxy) is 1. The van der Waals surface area contributed by atoms with Crippen LogP contribution in [0.15, 0.2) is 66.7 Å². The van der Waals surface area contributed by atoms with Gasteiger partial charge in [-0.1, -0.05) is 31.4 Å². The van der Waals surface area contributed by atoms with Crippen LogP contribution < -0.4 is 25.5 Å². The summed E-state index contributed by atoms with van der Waals surface area (Å²) >= 11 is 0. The van der Waals surface area contributed by atoms with Crippen molar-refractivity contribution in [3.8, 4) is 0 Å². The number of hydrogen-bond acceptors (Lipinski definition) is 7. The number of carbonyl (C=O) groups is 4. The van der Waals surface area contributed by atoms with E-state index in [0.717, 1.165) is 57.8 Å². The van der Waals surface area contributed by atoms with Crippen LogP contribution >= 0.6 is 0 Å². The molecule has 0 atom stereocenters. The summed E-state index contributed by atoms with van der Waals surface area (Å²) in [4.78, 5) is 55.6. The lowest BCUT2D eigenvalue weighted by atomic mass is 9.78. The normalized spacial score (nSPS) is 22.5. The van der Waals surface area contributed by atoms with Gasteiger partial charge in [-0.3, -0.25) is 19.3 Å². The summed E-state index contributed by atoms with van der Waals surface area (Å²) in [5.74, 6) is -7.56. The fourth-order valence-electron chi connectivity index (χ4n) is 9.08. The zero-order valence-electron chi connectivity index (χ0n) is 28.0. The molecule has 0 radical (unpaired) electrons. The maximum absolute atomic E-state index is 14.1. The molecular weight excluding hydrogens is 697 g/mol. The van der Waals surface area contributed by atoms with Crippen LogP contribution in [0.2, 0.25) is 12.1 Å². The van der Waals surface area contributed by atoms with Gasteiger partial charge in [0.1, 0.15) is 8.07 Å². The molecule has 0 aromatic heterocycles. The average Bonchev–Trinajstić information content (AvgIpc) is 3.59. The van der Waals surface area contributed by atoms with E-state index in [0.29, 0.717) is 16.9 Å². The van der Waals surface area contributed by atoms with Crippen molar-refractivity contribution >= 4 is 53.5 Å². The van der Waals surface area contributed by atoms with Crippen molar-refractivity contribution in [1.29, 1.82) is 0 Å². The fraction of sp³-hybridized carbons (Fsp3) is 0.368. The monoisotopic (exact) mass is 730 g/mol. The highest BCUT2D eigenvalue weighted by Gasteiger charge is 2.59. The van der Waals surface area contributed by atoms with Gasteiger partial charge in [0, 0.05) is 58.9 Å². The van der Waals surface area contributed by atoms with Crippen LogP contribution in [0.5, 0.6) is 0 Å². The molecule has 3 aromatic carbocycles. The molecule has 52 heavy (non-hydrogen) atoms. The number of imide groups is 1. The van der Waals surface area contributed by atoms with Gasteiger partial charge < -0.3 is 19.9 Å². The highest BCUT2D eigenvalue weighted by Crippen LogP contribution is 2.52. The molecule has 2 spiro atoms. The lowest BCUT2D eigenvalue weighted by Gasteiger charge is -2.50. The van der Waals surface area contributed by atoms with Gasteiger partial charge in [0.2, 0.25) is 0 Å². The molecule has 6 heterocycles. The van der Waals surface area contributed by atoms with E-state index in [2.05, 4.69) is 5.32 Å². The Bertz CT molecular complexity index is 2020. The molecular formula is C38H34F4N4O5Si. The molecule has 9 rings (SSSR count). The smallest absolute Gasteiger partial charge is 0.340 e. The van der Waals surface area contributed by atoms with Crippen LogP contribution in [-0.4, -0.2) is 87.8 Å². The summed E-state index contributed by atoms with van der Waals surface area (Å²) in [5, 5.41) is 4.71. The summed E-state index contributed by atoms with van der Waals surface area (Å²) in [6.45, 7) is -1.61. The molecule has 14 heteroatoms. The van der Waals surface area contributed by atoms with Crippen molar-refractivity contribution in [2.75, 3.05) is 49.1 Å². The van der Waals surface area contributed by atoms with Crippen LogP contribution in [-0.2, 0) is 19.9 Å². The van der Waals surface area contributed by atoms with E-state index in [-0.39, 0.29) is 24.2 Å². The van der Waals surface area contributed by atoms with E-state index in [1.807, 2.05) is 24.3 Å². The third-order valence-electron chi connectivity index (χ3n) is 11.6. The van der Waals surface area contributed by atoms with Crippen molar-refractivity contribution in [2.45, 2.75) is 48.8 Å². The van der Waals surface area contributed by atoms with Crippen molar-refractivity contribution in [3.05, 3.63) is 94.6 Å². The number of benzene rings is 3. The fourth-order valence-corrected chi connectivity index (χ4v) is 14.8. The van der Waals surface area contributed by atoms with Gasteiger partial charge in [0.15, 0.2) is 5.60 Å². The number of alkyl halides is 4. The second kappa shape index (κ2) is 11.3. The van der Waals surface area contributed by atoms with E-state index in [9.17, 15) is 36.7 Å². The molecule has 3 amide bonds. The Hall–Kier alpha value is -4.98. The van der Waals surface area contributed by atoms with E-state index in [1.54, 1.807) is 34.1 Å². The van der Waals surface area contributed by atoms with Crippen LogP contribution in [0.3, 0.4) is 0 Å². The summed E-state index contributed by atoms with van der Waals surface area (Å²) in [6.07, 6.45) is 5.27. The Kier molecular flexibility index (Phi) is 7.12. The Morgan fingerprint density at radius 3 is 1.83 bits per heavy atom. The highest BCUT2D eigenvalue weighted by atomic mass is 28.3. The minimum absolute atomic E-state index is 0.00604. The third-order valence-corrected chi connectivity index (χ3v) is 16.9. The lowest BCUT2D eigenvalue weighted by Crippen LogP contribution is -2.68. The molecule has 9 nitrogen and oxygen atoms in total. The number of carbonyl (C=O) groups excluding carboxylic acids is 4. The molecule has 0 unspecified atom stereocenters. The SMILES string of the molecule is O=C(NCCN1C(=O)C=CC1=O)c1ccc2c(c1)C1(OC2=O)c2ccc(N3CC(F)(F)C3)cc2[Si]2(CCCCC2)c2cc(N3CC(F)(F)C3)ccc21. The van der Waals surface area contributed by atoms with Crippen molar-refractivity contribution < 1.29 is 41.5 Å². The molecule has 268 valence electrons. The second-order valence-corrected chi connectivity index (χ2v) is 19.0. The minimum atomic E-state index is -2.79. The first-order valence-corrected chi connectivity index (χ1v) is 20.0. The summed E-state index contributed by atoms with van der Waals surface area (Å²) in [5.41, 5.74) is 2.24. The highest BCUT2D eigenvalue weighted by molar-refractivity contribution is 7.03. The molecule has 0 bridgehead atoms. The number of fused-ring (bicyclic) bond motifs is 8. The Morgan fingerprint density at radius 2 is 1.29 bits per heavy atom. The Morgan fingerprint density at radius 1 is 0.731 bits per heavy atom. The maximum Gasteiger partial charge on any atom is 0.340 e. The largest absolute Gasteiger partial charge is 0.441 e. The second-order valence-electron chi connectivity index (χ2n) is 14.8. The molecule has 0 aliphatic carbocycles. The number of amides is 3. The quantitative estimate of drug-likeness (QED) is 0.179. The first-order chi connectivity index (χ1) is 24.8. The first-order valence-electron chi connectivity index (χ1n) is 17.6. The molecule has 1 N–H and O–H groups in total. The summed E-state index contributed by atoms with van der Waals surface area (Å²) in [6, 6.07) is 17.8. The Balaban J connectivity index is 1.18. The van der Waals surface area contributed by atoms with Crippen LogP contribution in [0.1, 0.15) is 56.7 Å².